The van der Waals surface area contributed by atoms with Crippen molar-refractivity contribution >= 4 is 28.3 Å². The molecule has 9 heteroatoms. The van der Waals surface area contributed by atoms with Crippen LogP contribution >= 0.6 is 11.3 Å². The van der Waals surface area contributed by atoms with Gasteiger partial charge in [0.05, 0.1) is 23.1 Å². The van der Waals surface area contributed by atoms with Crippen molar-refractivity contribution in [2.45, 2.75) is 19.9 Å². The number of urea groups is 1. The topological polar surface area (TPSA) is 111 Å². The first-order chi connectivity index (χ1) is 9.93. The molecule has 0 radical (unpaired) electrons. The minimum atomic E-state index is -0.753. The lowest BCUT2D eigenvalue weighted by Gasteiger charge is -2.26. The summed E-state index contributed by atoms with van der Waals surface area (Å²) in [5.41, 5.74) is 0.617. The van der Waals surface area contributed by atoms with Crippen LogP contribution in [0.15, 0.2) is 23.4 Å². The molecule has 8 nitrogen and oxygen atoms in total. The second-order valence-electron chi connectivity index (χ2n) is 4.22. The molecular weight excluding hydrogens is 298 g/mol. The highest BCUT2D eigenvalue weighted by Gasteiger charge is 2.33. The molecular formula is C12H13N3O5S. The van der Waals surface area contributed by atoms with Crippen LogP contribution in [0.4, 0.5) is 9.80 Å². The van der Waals surface area contributed by atoms with Gasteiger partial charge in [-0.3, -0.25) is 10.1 Å². The van der Waals surface area contributed by atoms with Crippen LogP contribution < -0.4 is 10.6 Å². The van der Waals surface area contributed by atoms with Crippen LogP contribution in [-0.2, 0) is 9.53 Å². The number of nitrogens with one attached hydrogen (secondary N) is 2. The number of carbonyl (C=O) groups excluding carboxylic acids is 2. The third-order valence-electron chi connectivity index (χ3n) is 2.84. The Morgan fingerprint density at radius 2 is 2.24 bits per heavy atom. The first-order valence-corrected chi connectivity index (χ1v) is 6.95. The monoisotopic (exact) mass is 311 g/mol. The van der Waals surface area contributed by atoms with E-state index in [2.05, 4.69) is 10.6 Å². The summed E-state index contributed by atoms with van der Waals surface area (Å²) in [6, 6.07) is 1.64. The number of allylic oxidation sites excluding steroid dienone is 1. The third-order valence-corrected chi connectivity index (χ3v) is 3.94. The lowest BCUT2D eigenvalue weighted by molar-refractivity contribution is -0.380. The largest absolute Gasteiger partial charge is 0.463 e. The molecule has 1 aromatic rings. The summed E-state index contributed by atoms with van der Waals surface area (Å²) in [5, 5.41) is 15.8. The fourth-order valence-corrected chi connectivity index (χ4v) is 2.86. The molecule has 112 valence electrons. The van der Waals surface area contributed by atoms with E-state index in [1.54, 1.807) is 13.8 Å². The predicted octanol–water partition coefficient (Wildman–Crippen LogP) is 1.85. The standard InChI is InChI=1S/C12H13N3O5S/c1-3-20-11(16)9-6(2)13-12(17)14-10(9)7-4-5-8(21-7)15(18)19/h4-5,10H,3H2,1-2H3,(H2,13,14,17)/t10-/m1/s1. The van der Waals surface area contributed by atoms with Crippen LogP contribution in [0.25, 0.3) is 0 Å². The molecule has 0 unspecified atom stereocenters. The predicted molar refractivity (Wildman–Crippen MR) is 74.7 cm³/mol. The summed E-state index contributed by atoms with van der Waals surface area (Å²) >= 11 is 0.907. The minimum absolute atomic E-state index is 0.0568. The van der Waals surface area contributed by atoms with Crippen molar-refractivity contribution in [1.29, 1.82) is 0 Å². The summed E-state index contributed by atoms with van der Waals surface area (Å²) in [6.07, 6.45) is 0. The van der Waals surface area contributed by atoms with E-state index >= 15 is 0 Å². The number of hydrogen-bond donors (Lipinski definition) is 2. The Morgan fingerprint density at radius 3 is 2.81 bits per heavy atom. The highest BCUT2D eigenvalue weighted by molar-refractivity contribution is 7.15. The van der Waals surface area contributed by atoms with Crippen LogP contribution in [0.2, 0.25) is 0 Å². The fraction of sp³-hybridized carbons (Fsp3) is 0.333. The number of hydrogen-bond acceptors (Lipinski definition) is 6. The molecule has 1 aromatic heterocycles. The first-order valence-electron chi connectivity index (χ1n) is 6.13. The maximum absolute atomic E-state index is 12.0. The molecule has 1 aliphatic rings. The van der Waals surface area contributed by atoms with E-state index in [1.807, 2.05) is 0 Å². The second kappa shape index (κ2) is 5.92. The van der Waals surface area contributed by atoms with E-state index in [1.165, 1.54) is 12.1 Å². The maximum atomic E-state index is 12.0. The van der Waals surface area contributed by atoms with Gasteiger partial charge in [-0.1, -0.05) is 11.3 Å². The summed E-state index contributed by atoms with van der Waals surface area (Å²) in [4.78, 5) is 34.4. The highest BCUT2D eigenvalue weighted by Crippen LogP contribution is 2.35. The first kappa shape index (κ1) is 15.0. The van der Waals surface area contributed by atoms with Crippen molar-refractivity contribution in [1.82, 2.24) is 10.6 Å². The van der Waals surface area contributed by atoms with Gasteiger partial charge in [0, 0.05) is 16.6 Å². The molecule has 1 aliphatic heterocycles. The quantitative estimate of drug-likeness (QED) is 0.501. The number of ether oxygens (including phenoxy) is 1. The van der Waals surface area contributed by atoms with Gasteiger partial charge in [0.2, 0.25) is 0 Å². The maximum Gasteiger partial charge on any atom is 0.338 e. The Hall–Kier alpha value is -2.42. The SMILES string of the molecule is CCOC(=O)C1=C(C)NC(=O)N[C@@H]1c1ccc([N+](=O)[O-])s1. The van der Waals surface area contributed by atoms with Crippen molar-refractivity contribution in [2.24, 2.45) is 0 Å². The molecule has 2 amide bonds. The normalized spacial score (nSPS) is 18.0. The van der Waals surface area contributed by atoms with Gasteiger partial charge in [-0.25, -0.2) is 9.59 Å². The van der Waals surface area contributed by atoms with Gasteiger partial charge in [0.1, 0.15) is 0 Å². The zero-order valence-electron chi connectivity index (χ0n) is 11.3. The molecule has 21 heavy (non-hydrogen) atoms. The van der Waals surface area contributed by atoms with Gasteiger partial charge in [-0.05, 0) is 19.9 Å². The van der Waals surface area contributed by atoms with E-state index in [0.29, 0.717) is 10.6 Å². The van der Waals surface area contributed by atoms with Crippen molar-refractivity contribution < 1.29 is 19.2 Å². The Bertz CT molecular complexity index is 637. The van der Waals surface area contributed by atoms with Crippen LogP contribution in [0.3, 0.4) is 0 Å². The average Bonchev–Trinajstić information content (AvgIpc) is 2.87. The number of rotatable bonds is 4. The Kier molecular flexibility index (Phi) is 4.22. The molecule has 0 aliphatic carbocycles. The molecule has 2 rings (SSSR count). The van der Waals surface area contributed by atoms with Crippen molar-refractivity contribution in [3.8, 4) is 0 Å². The number of nitrogens with zero attached hydrogens (tertiary/aromatic N) is 1. The van der Waals surface area contributed by atoms with Gasteiger partial charge in [-0.15, -0.1) is 0 Å². The molecule has 0 fully saturated rings. The summed E-state index contributed by atoms with van der Waals surface area (Å²) < 4.78 is 4.98. The Labute approximate surface area is 123 Å². The van der Waals surface area contributed by atoms with Crippen LogP contribution in [0.1, 0.15) is 24.8 Å². The van der Waals surface area contributed by atoms with Crippen molar-refractivity contribution in [3.05, 3.63) is 38.4 Å². The number of esters is 1. The number of thiophene rings is 1. The fourth-order valence-electron chi connectivity index (χ4n) is 1.98. The van der Waals surface area contributed by atoms with E-state index in [-0.39, 0.29) is 17.2 Å². The van der Waals surface area contributed by atoms with E-state index < -0.39 is 23.0 Å². The highest BCUT2D eigenvalue weighted by atomic mass is 32.1. The van der Waals surface area contributed by atoms with Crippen LogP contribution in [-0.4, -0.2) is 23.5 Å². The van der Waals surface area contributed by atoms with Gasteiger partial charge in [0.15, 0.2) is 0 Å². The lowest BCUT2D eigenvalue weighted by atomic mass is 10.0. The smallest absolute Gasteiger partial charge is 0.338 e. The number of carbonyl (C=O) groups is 2. The van der Waals surface area contributed by atoms with E-state index in [0.717, 1.165) is 11.3 Å². The molecule has 0 saturated carbocycles. The van der Waals surface area contributed by atoms with E-state index in [9.17, 15) is 19.7 Å². The van der Waals surface area contributed by atoms with E-state index in [4.69, 9.17) is 4.74 Å². The summed E-state index contributed by atoms with van der Waals surface area (Å²) in [5.74, 6) is -0.566. The molecule has 2 N–H and O–H groups in total. The van der Waals surface area contributed by atoms with Crippen LogP contribution in [0, 0.1) is 10.1 Å². The second-order valence-corrected chi connectivity index (χ2v) is 5.32. The van der Waals surface area contributed by atoms with Gasteiger partial charge < -0.3 is 15.4 Å². The third kappa shape index (κ3) is 3.02. The molecule has 1 atom stereocenters. The van der Waals surface area contributed by atoms with Gasteiger partial charge in [-0.2, -0.15) is 0 Å². The summed E-state index contributed by atoms with van der Waals surface area (Å²) in [7, 11) is 0. The Balaban J connectivity index is 2.41. The Morgan fingerprint density at radius 1 is 1.52 bits per heavy atom. The zero-order valence-corrected chi connectivity index (χ0v) is 12.2. The summed E-state index contributed by atoms with van der Waals surface area (Å²) in [6.45, 7) is 3.45. The lowest BCUT2D eigenvalue weighted by Crippen LogP contribution is -2.45. The zero-order chi connectivity index (χ0) is 15.6. The molecule has 2 heterocycles. The number of amides is 2. The van der Waals surface area contributed by atoms with Gasteiger partial charge in [0.25, 0.3) is 0 Å². The van der Waals surface area contributed by atoms with Crippen molar-refractivity contribution in [2.75, 3.05) is 6.61 Å². The van der Waals surface area contributed by atoms with Crippen molar-refractivity contribution in [3.63, 3.8) is 0 Å². The molecule has 0 aromatic carbocycles. The molecule has 0 spiro atoms. The molecule has 0 bridgehead atoms. The molecule has 0 saturated heterocycles. The average molecular weight is 311 g/mol. The van der Waals surface area contributed by atoms with Gasteiger partial charge >= 0.3 is 17.0 Å². The van der Waals surface area contributed by atoms with Crippen LogP contribution in [0.5, 0.6) is 0 Å². The number of nitro groups is 1. The minimum Gasteiger partial charge on any atom is -0.463 e.